The first-order chi connectivity index (χ1) is 12.0. The molecule has 0 unspecified atom stereocenters. The van der Waals surface area contributed by atoms with Crippen molar-refractivity contribution in [1.82, 2.24) is 15.1 Å². The molecule has 2 fully saturated rings. The van der Waals surface area contributed by atoms with E-state index in [1.807, 2.05) is 4.90 Å². The molecule has 25 heavy (non-hydrogen) atoms. The van der Waals surface area contributed by atoms with Gasteiger partial charge in [0.15, 0.2) is 0 Å². The Labute approximate surface area is 154 Å². The second-order valence-corrected chi connectivity index (χ2v) is 7.66. The summed E-state index contributed by atoms with van der Waals surface area (Å²) in [5.74, 6) is -0.109. The topological polar surface area (TPSA) is 35.6 Å². The minimum absolute atomic E-state index is 0.179. The van der Waals surface area contributed by atoms with Gasteiger partial charge in [0.2, 0.25) is 5.91 Å². The summed E-state index contributed by atoms with van der Waals surface area (Å²) in [5.41, 5.74) is 0.985. The Hall–Kier alpha value is -1.17. The number of rotatable bonds is 4. The number of halogens is 2. The van der Waals surface area contributed by atoms with Crippen molar-refractivity contribution in [2.45, 2.75) is 51.2 Å². The highest BCUT2D eigenvalue weighted by molar-refractivity contribution is 6.31. The van der Waals surface area contributed by atoms with Gasteiger partial charge < -0.3 is 10.2 Å². The molecule has 0 radical (unpaired) electrons. The molecule has 0 aliphatic carbocycles. The van der Waals surface area contributed by atoms with Crippen molar-refractivity contribution >= 4 is 17.5 Å². The first-order valence-electron chi connectivity index (χ1n) is 9.19. The van der Waals surface area contributed by atoms with Crippen LogP contribution in [0.2, 0.25) is 5.02 Å². The molecule has 0 saturated carbocycles. The number of carbonyl (C=O) groups is 1. The van der Waals surface area contributed by atoms with Crippen LogP contribution in [-0.4, -0.2) is 54.0 Å². The highest BCUT2D eigenvalue weighted by Crippen LogP contribution is 2.22. The number of benzene rings is 1. The number of piperidine rings is 2. The van der Waals surface area contributed by atoms with Crippen LogP contribution in [0.1, 0.15) is 38.2 Å². The summed E-state index contributed by atoms with van der Waals surface area (Å²) in [6.07, 6.45) is 4.39. The van der Waals surface area contributed by atoms with Gasteiger partial charge in [0, 0.05) is 50.2 Å². The van der Waals surface area contributed by atoms with Gasteiger partial charge in [0.25, 0.3) is 0 Å². The van der Waals surface area contributed by atoms with Crippen LogP contribution < -0.4 is 5.32 Å². The molecular weight excluding hydrogens is 341 g/mol. The highest BCUT2D eigenvalue weighted by Gasteiger charge is 2.26. The zero-order chi connectivity index (χ0) is 17.8. The van der Waals surface area contributed by atoms with Gasteiger partial charge in [-0.15, -0.1) is 0 Å². The van der Waals surface area contributed by atoms with Crippen molar-refractivity contribution < 1.29 is 9.18 Å². The second kappa shape index (κ2) is 8.47. The van der Waals surface area contributed by atoms with Crippen LogP contribution in [0, 0.1) is 5.82 Å². The molecule has 1 amide bonds. The van der Waals surface area contributed by atoms with Gasteiger partial charge in [-0.25, -0.2) is 4.39 Å². The lowest BCUT2D eigenvalue weighted by Gasteiger charge is -2.38. The highest BCUT2D eigenvalue weighted by atomic mass is 35.5. The molecule has 138 valence electrons. The Morgan fingerprint density at radius 3 is 2.68 bits per heavy atom. The molecule has 6 heteroatoms. The molecule has 2 aliphatic heterocycles. The van der Waals surface area contributed by atoms with Crippen molar-refractivity contribution in [3.8, 4) is 0 Å². The molecule has 0 bridgehead atoms. The molecule has 1 aromatic rings. The van der Waals surface area contributed by atoms with Gasteiger partial charge in [-0.05, 0) is 49.9 Å². The number of amides is 1. The van der Waals surface area contributed by atoms with Crippen molar-refractivity contribution in [3.05, 3.63) is 34.6 Å². The summed E-state index contributed by atoms with van der Waals surface area (Å²) in [5, 5.41) is 4.29. The monoisotopic (exact) mass is 367 g/mol. The first-order valence-corrected chi connectivity index (χ1v) is 9.57. The van der Waals surface area contributed by atoms with E-state index in [0.29, 0.717) is 17.1 Å². The van der Waals surface area contributed by atoms with Crippen LogP contribution in [0.15, 0.2) is 18.2 Å². The van der Waals surface area contributed by atoms with Crippen molar-refractivity contribution in [1.29, 1.82) is 0 Å². The summed E-state index contributed by atoms with van der Waals surface area (Å²) in [6, 6.07) is 5.62. The van der Waals surface area contributed by atoms with Gasteiger partial charge >= 0.3 is 0 Å². The third-order valence-corrected chi connectivity index (χ3v) is 5.68. The molecule has 2 aliphatic rings. The predicted octanol–water partition coefficient (Wildman–Crippen LogP) is 3.04. The Balaban J connectivity index is 1.49. The normalized spacial score (nSPS) is 23.0. The average Bonchev–Trinajstić information content (AvgIpc) is 2.58. The fourth-order valence-electron chi connectivity index (χ4n) is 3.92. The summed E-state index contributed by atoms with van der Waals surface area (Å²) in [4.78, 5) is 15.8. The molecule has 1 N–H and O–H groups in total. The van der Waals surface area contributed by atoms with E-state index in [1.54, 1.807) is 13.0 Å². The third-order valence-electron chi connectivity index (χ3n) is 5.33. The van der Waals surface area contributed by atoms with Crippen LogP contribution in [0.5, 0.6) is 0 Å². The zero-order valence-electron chi connectivity index (χ0n) is 14.8. The van der Waals surface area contributed by atoms with Crippen molar-refractivity contribution in [2.75, 3.05) is 26.2 Å². The largest absolute Gasteiger partial charge is 0.343 e. The van der Waals surface area contributed by atoms with Crippen LogP contribution in [-0.2, 0) is 11.3 Å². The Morgan fingerprint density at radius 1 is 1.24 bits per heavy atom. The van der Waals surface area contributed by atoms with Crippen LogP contribution in [0.3, 0.4) is 0 Å². The maximum atomic E-state index is 13.2. The average molecular weight is 368 g/mol. The minimum Gasteiger partial charge on any atom is -0.343 e. The van der Waals surface area contributed by atoms with E-state index >= 15 is 0 Å². The number of likely N-dealkylation sites (tertiary alicyclic amines) is 2. The van der Waals surface area contributed by atoms with Gasteiger partial charge in [-0.2, -0.15) is 0 Å². The fraction of sp³-hybridized carbons (Fsp3) is 0.632. The Kier molecular flexibility index (Phi) is 6.31. The van der Waals surface area contributed by atoms with Gasteiger partial charge in [-0.3, -0.25) is 9.69 Å². The lowest BCUT2D eigenvalue weighted by atomic mass is 9.99. The van der Waals surface area contributed by atoms with Gasteiger partial charge in [0.05, 0.1) is 0 Å². The van der Waals surface area contributed by atoms with Crippen LogP contribution in [0.4, 0.5) is 4.39 Å². The standard InChI is InChI=1S/C19H27ClFN3O/c1-14(25)24-9-6-17(7-10-24)22-18-3-2-8-23(13-18)12-15-4-5-16(21)11-19(15)20/h4-5,11,17-18,22H,2-3,6-10,12-13H2,1H3/t18-/m1/s1. The first kappa shape index (κ1) is 18.6. The number of hydrogen-bond acceptors (Lipinski definition) is 3. The number of carbonyl (C=O) groups excluding carboxylic acids is 1. The van der Waals surface area contributed by atoms with E-state index in [2.05, 4.69) is 10.2 Å². The predicted molar refractivity (Wildman–Crippen MR) is 98.1 cm³/mol. The number of nitrogens with zero attached hydrogens (tertiary/aromatic N) is 2. The van der Waals surface area contributed by atoms with E-state index in [4.69, 9.17) is 11.6 Å². The molecule has 1 aromatic carbocycles. The molecule has 0 spiro atoms. The van der Waals surface area contributed by atoms with Crippen LogP contribution >= 0.6 is 11.6 Å². The molecule has 0 aromatic heterocycles. The zero-order valence-corrected chi connectivity index (χ0v) is 15.6. The molecule has 2 heterocycles. The lowest BCUT2D eigenvalue weighted by molar-refractivity contribution is -0.129. The third kappa shape index (κ3) is 5.16. The van der Waals surface area contributed by atoms with Gasteiger partial charge in [-0.1, -0.05) is 17.7 Å². The van der Waals surface area contributed by atoms with Gasteiger partial charge in [0.1, 0.15) is 5.82 Å². The van der Waals surface area contributed by atoms with E-state index in [1.165, 1.54) is 18.6 Å². The number of nitrogens with one attached hydrogen (secondary N) is 1. The minimum atomic E-state index is -0.288. The lowest BCUT2D eigenvalue weighted by Crippen LogP contribution is -2.52. The molecule has 3 rings (SSSR count). The SMILES string of the molecule is CC(=O)N1CCC(N[C@@H]2CCCN(Cc3ccc(F)cc3Cl)C2)CC1. The smallest absolute Gasteiger partial charge is 0.219 e. The molecular formula is C19H27ClFN3O. The summed E-state index contributed by atoms with van der Waals surface area (Å²) in [7, 11) is 0. The maximum Gasteiger partial charge on any atom is 0.219 e. The van der Waals surface area contributed by atoms with E-state index < -0.39 is 0 Å². The Morgan fingerprint density at radius 2 is 2.00 bits per heavy atom. The quantitative estimate of drug-likeness (QED) is 0.888. The second-order valence-electron chi connectivity index (χ2n) is 7.26. The van der Waals surface area contributed by atoms with Crippen LogP contribution in [0.25, 0.3) is 0 Å². The Bertz CT molecular complexity index is 604. The summed E-state index contributed by atoms with van der Waals surface area (Å²) < 4.78 is 13.2. The number of hydrogen-bond donors (Lipinski definition) is 1. The molecule has 2 saturated heterocycles. The van der Waals surface area contributed by atoms with Crippen molar-refractivity contribution in [2.24, 2.45) is 0 Å². The molecule has 1 atom stereocenters. The van der Waals surface area contributed by atoms with Crippen molar-refractivity contribution in [3.63, 3.8) is 0 Å². The van der Waals surface area contributed by atoms with E-state index in [-0.39, 0.29) is 11.7 Å². The molecule has 4 nitrogen and oxygen atoms in total. The summed E-state index contributed by atoms with van der Waals surface area (Å²) >= 11 is 6.17. The van der Waals surface area contributed by atoms with E-state index in [0.717, 1.165) is 57.5 Å². The van der Waals surface area contributed by atoms with E-state index in [9.17, 15) is 9.18 Å². The summed E-state index contributed by atoms with van der Waals surface area (Å²) in [6.45, 7) is 6.16. The fourth-order valence-corrected chi connectivity index (χ4v) is 4.15. The maximum absolute atomic E-state index is 13.2.